The fourth-order valence-electron chi connectivity index (χ4n) is 2.81. The minimum atomic E-state index is -1.19. The van der Waals surface area contributed by atoms with Crippen LogP contribution in [0.25, 0.3) is 0 Å². The molecule has 0 aliphatic heterocycles. The number of nitrogens with one attached hydrogen (secondary N) is 1. The van der Waals surface area contributed by atoms with Crippen LogP contribution in [0.15, 0.2) is 60.9 Å². The Kier molecular flexibility index (Phi) is 7.50. The summed E-state index contributed by atoms with van der Waals surface area (Å²) in [5.41, 5.74) is 1.40. The molecule has 162 valence electrons. The molecule has 1 unspecified atom stereocenters. The van der Waals surface area contributed by atoms with Crippen molar-refractivity contribution in [1.82, 2.24) is 10.3 Å². The molecule has 3 rings (SSSR count). The zero-order chi connectivity index (χ0) is 22.2. The Bertz CT molecular complexity index is 1030. The standard InChI is InChI=1S/C23H22F2N2O4/c1-2-30-22-12-17(4-6-21(22)31-14-15-7-9-26-10-8-15)23(29)27-13-20(28)16-3-5-18(24)19(25)11-16/h3-12,20,28H,2,13-14H2,1H3,(H,27,29). The van der Waals surface area contributed by atoms with Gasteiger partial charge in [0.05, 0.1) is 12.7 Å². The average Bonchev–Trinajstić information content (AvgIpc) is 2.79. The summed E-state index contributed by atoms with van der Waals surface area (Å²) in [6, 6.07) is 11.5. The lowest BCUT2D eigenvalue weighted by molar-refractivity contribution is 0.0915. The number of pyridine rings is 1. The smallest absolute Gasteiger partial charge is 0.251 e. The van der Waals surface area contributed by atoms with E-state index in [0.29, 0.717) is 30.3 Å². The highest BCUT2D eigenvalue weighted by Crippen LogP contribution is 2.29. The van der Waals surface area contributed by atoms with Crippen LogP contribution in [0.2, 0.25) is 0 Å². The third kappa shape index (κ3) is 5.99. The highest BCUT2D eigenvalue weighted by Gasteiger charge is 2.15. The van der Waals surface area contributed by atoms with Gasteiger partial charge in [-0.3, -0.25) is 9.78 Å². The molecule has 1 aromatic heterocycles. The van der Waals surface area contributed by atoms with Gasteiger partial charge in [-0.25, -0.2) is 8.78 Å². The zero-order valence-corrected chi connectivity index (χ0v) is 16.8. The maximum atomic E-state index is 13.3. The van der Waals surface area contributed by atoms with E-state index in [1.54, 1.807) is 30.6 Å². The van der Waals surface area contributed by atoms with Crippen LogP contribution >= 0.6 is 0 Å². The van der Waals surface area contributed by atoms with Gasteiger partial charge in [-0.2, -0.15) is 0 Å². The van der Waals surface area contributed by atoms with E-state index in [9.17, 15) is 18.7 Å². The lowest BCUT2D eigenvalue weighted by Crippen LogP contribution is -2.28. The van der Waals surface area contributed by atoms with Gasteiger partial charge in [-0.15, -0.1) is 0 Å². The number of aliphatic hydroxyl groups excluding tert-OH is 1. The molecule has 0 saturated carbocycles. The van der Waals surface area contributed by atoms with Crippen molar-refractivity contribution in [2.24, 2.45) is 0 Å². The molecule has 8 heteroatoms. The van der Waals surface area contributed by atoms with E-state index in [1.165, 1.54) is 6.07 Å². The Balaban J connectivity index is 1.64. The average molecular weight is 428 g/mol. The van der Waals surface area contributed by atoms with E-state index in [-0.39, 0.29) is 12.1 Å². The number of ether oxygens (including phenoxy) is 2. The number of rotatable bonds is 9. The molecule has 1 atom stereocenters. The van der Waals surface area contributed by atoms with Crippen molar-refractivity contribution in [3.63, 3.8) is 0 Å². The number of amides is 1. The van der Waals surface area contributed by atoms with Gasteiger partial charge in [0.2, 0.25) is 0 Å². The van der Waals surface area contributed by atoms with Gasteiger partial charge in [-0.05, 0) is 60.5 Å². The SMILES string of the molecule is CCOc1cc(C(=O)NCC(O)c2ccc(F)c(F)c2)ccc1OCc1ccncc1. The van der Waals surface area contributed by atoms with E-state index < -0.39 is 23.6 Å². The first kappa shape index (κ1) is 22.2. The van der Waals surface area contributed by atoms with Gasteiger partial charge < -0.3 is 19.9 Å². The van der Waals surface area contributed by atoms with Crippen molar-refractivity contribution in [2.45, 2.75) is 19.6 Å². The summed E-state index contributed by atoms with van der Waals surface area (Å²) in [6.45, 7) is 2.34. The Morgan fingerprint density at radius 1 is 1.03 bits per heavy atom. The molecule has 1 heterocycles. The third-order valence-electron chi connectivity index (χ3n) is 4.43. The molecule has 3 aromatic rings. The summed E-state index contributed by atoms with van der Waals surface area (Å²) in [6.07, 6.45) is 2.16. The molecule has 1 amide bonds. The molecule has 2 N–H and O–H groups in total. The fourth-order valence-corrected chi connectivity index (χ4v) is 2.81. The number of carbonyl (C=O) groups is 1. The molecule has 0 fully saturated rings. The van der Waals surface area contributed by atoms with E-state index in [4.69, 9.17) is 9.47 Å². The van der Waals surface area contributed by atoms with Crippen LogP contribution in [0.5, 0.6) is 11.5 Å². The van der Waals surface area contributed by atoms with Gasteiger partial charge in [0.1, 0.15) is 6.61 Å². The van der Waals surface area contributed by atoms with Gasteiger partial charge in [0.25, 0.3) is 5.91 Å². The van der Waals surface area contributed by atoms with Crippen LogP contribution in [-0.4, -0.2) is 29.1 Å². The summed E-state index contributed by atoms with van der Waals surface area (Å²) >= 11 is 0. The van der Waals surface area contributed by atoms with Crippen molar-refractivity contribution in [2.75, 3.05) is 13.2 Å². The summed E-state index contributed by atoms with van der Waals surface area (Å²) < 4.78 is 37.7. The number of aromatic nitrogens is 1. The van der Waals surface area contributed by atoms with Crippen LogP contribution < -0.4 is 14.8 Å². The molecule has 6 nitrogen and oxygen atoms in total. The summed E-state index contributed by atoms with van der Waals surface area (Å²) in [7, 11) is 0. The molecular weight excluding hydrogens is 406 g/mol. The predicted molar refractivity (Wildman–Crippen MR) is 110 cm³/mol. The van der Waals surface area contributed by atoms with Crippen molar-refractivity contribution in [3.8, 4) is 11.5 Å². The third-order valence-corrected chi connectivity index (χ3v) is 4.43. The molecule has 0 aliphatic carbocycles. The maximum Gasteiger partial charge on any atom is 0.251 e. The van der Waals surface area contributed by atoms with Crippen LogP contribution in [0, 0.1) is 11.6 Å². The molecule has 0 bridgehead atoms. The molecule has 2 aromatic carbocycles. The monoisotopic (exact) mass is 428 g/mol. The van der Waals surface area contributed by atoms with Crippen molar-refractivity contribution >= 4 is 5.91 Å². The quantitative estimate of drug-likeness (QED) is 0.542. The van der Waals surface area contributed by atoms with Crippen LogP contribution in [0.1, 0.15) is 34.5 Å². The molecule has 0 aliphatic rings. The summed E-state index contributed by atoms with van der Waals surface area (Å²) in [5.74, 6) is -1.63. The molecule has 0 saturated heterocycles. The minimum absolute atomic E-state index is 0.161. The number of aliphatic hydroxyl groups is 1. The first-order valence-corrected chi connectivity index (χ1v) is 9.67. The second-order valence-electron chi connectivity index (χ2n) is 6.64. The van der Waals surface area contributed by atoms with Crippen LogP contribution in [0.3, 0.4) is 0 Å². The maximum absolute atomic E-state index is 13.3. The van der Waals surface area contributed by atoms with E-state index >= 15 is 0 Å². The highest BCUT2D eigenvalue weighted by molar-refractivity contribution is 5.94. The molecule has 0 spiro atoms. The van der Waals surface area contributed by atoms with Crippen molar-refractivity contribution in [1.29, 1.82) is 0 Å². The summed E-state index contributed by atoms with van der Waals surface area (Å²) in [4.78, 5) is 16.4. The Hall–Kier alpha value is -3.52. The Morgan fingerprint density at radius 2 is 1.81 bits per heavy atom. The van der Waals surface area contributed by atoms with Crippen molar-refractivity contribution in [3.05, 3.63) is 89.2 Å². The van der Waals surface area contributed by atoms with Gasteiger partial charge in [-0.1, -0.05) is 6.07 Å². The van der Waals surface area contributed by atoms with Crippen LogP contribution in [0.4, 0.5) is 8.78 Å². The van der Waals surface area contributed by atoms with E-state index in [2.05, 4.69) is 10.3 Å². The first-order chi connectivity index (χ1) is 15.0. The normalized spacial score (nSPS) is 11.6. The number of halogens is 2. The molecular formula is C23H22F2N2O4. The number of benzene rings is 2. The topological polar surface area (TPSA) is 80.7 Å². The first-order valence-electron chi connectivity index (χ1n) is 9.67. The second kappa shape index (κ2) is 10.5. The predicted octanol–water partition coefficient (Wildman–Crippen LogP) is 3.80. The van der Waals surface area contributed by atoms with Gasteiger partial charge in [0, 0.05) is 24.5 Å². The molecule has 31 heavy (non-hydrogen) atoms. The number of carbonyl (C=O) groups excluding carboxylic acids is 1. The summed E-state index contributed by atoms with van der Waals surface area (Å²) in [5, 5.41) is 12.7. The zero-order valence-electron chi connectivity index (χ0n) is 16.8. The Morgan fingerprint density at radius 3 is 2.52 bits per heavy atom. The van der Waals surface area contributed by atoms with Crippen LogP contribution in [-0.2, 0) is 6.61 Å². The lowest BCUT2D eigenvalue weighted by atomic mass is 10.1. The van der Waals surface area contributed by atoms with E-state index in [1.807, 2.05) is 19.1 Å². The second-order valence-corrected chi connectivity index (χ2v) is 6.64. The number of hydrogen-bond acceptors (Lipinski definition) is 5. The largest absolute Gasteiger partial charge is 0.490 e. The number of hydrogen-bond donors (Lipinski definition) is 2. The molecule has 0 radical (unpaired) electrons. The Labute approximate surface area is 178 Å². The fraction of sp³-hybridized carbons (Fsp3) is 0.217. The van der Waals surface area contributed by atoms with Crippen molar-refractivity contribution < 1.29 is 28.2 Å². The highest BCUT2D eigenvalue weighted by atomic mass is 19.2. The lowest BCUT2D eigenvalue weighted by Gasteiger charge is -2.15. The van der Waals surface area contributed by atoms with Gasteiger partial charge in [0.15, 0.2) is 23.1 Å². The van der Waals surface area contributed by atoms with E-state index in [0.717, 1.165) is 17.7 Å². The van der Waals surface area contributed by atoms with Gasteiger partial charge >= 0.3 is 0 Å². The number of nitrogens with zero attached hydrogens (tertiary/aromatic N) is 1. The minimum Gasteiger partial charge on any atom is -0.490 e.